The number of nitrogens with zero attached hydrogens (tertiary/aromatic N) is 1. The highest BCUT2D eigenvalue weighted by atomic mass is 16.6. The highest BCUT2D eigenvalue weighted by molar-refractivity contribution is 5.81. The number of hydrogen-bond acceptors (Lipinski definition) is 5. The molecule has 0 aliphatic heterocycles. The summed E-state index contributed by atoms with van der Waals surface area (Å²) in [6, 6.07) is 9.94. The van der Waals surface area contributed by atoms with Crippen LogP contribution in [0.5, 0.6) is 0 Å². The standard InChI is InChI=1S/C16H20N2O4/c1-16(2,3)22-14(19)13(9-10-17)18-15(20)21-11-12-7-5-4-6-8-12/h4-8,13H,9,11H2,1-3H3,(H,18,20)/t13-/m0/s1. The van der Waals surface area contributed by atoms with E-state index < -0.39 is 23.7 Å². The third kappa shape index (κ3) is 6.75. The summed E-state index contributed by atoms with van der Waals surface area (Å²) in [6.07, 6.45) is -0.954. The highest BCUT2D eigenvalue weighted by Crippen LogP contribution is 2.10. The monoisotopic (exact) mass is 304 g/mol. The van der Waals surface area contributed by atoms with Gasteiger partial charge >= 0.3 is 12.1 Å². The second kappa shape index (κ2) is 8.03. The van der Waals surface area contributed by atoms with Crippen LogP contribution in [-0.4, -0.2) is 23.7 Å². The minimum Gasteiger partial charge on any atom is -0.458 e. The lowest BCUT2D eigenvalue weighted by Crippen LogP contribution is -2.44. The van der Waals surface area contributed by atoms with Crippen LogP contribution in [0.15, 0.2) is 30.3 Å². The van der Waals surface area contributed by atoms with Gasteiger partial charge in [-0.25, -0.2) is 9.59 Å². The van der Waals surface area contributed by atoms with Gasteiger partial charge in [-0.2, -0.15) is 5.26 Å². The Morgan fingerprint density at radius 3 is 2.45 bits per heavy atom. The fourth-order valence-electron chi connectivity index (χ4n) is 1.56. The van der Waals surface area contributed by atoms with Gasteiger partial charge in [0.1, 0.15) is 18.2 Å². The van der Waals surface area contributed by atoms with Crippen molar-refractivity contribution in [2.75, 3.05) is 0 Å². The fourth-order valence-corrected chi connectivity index (χ4v) is 1.56. The summed E-state index contributed by atoms with van der Waals surface area (Å²) in [5.74, 6) is -0.661. The third-order valence-electron chi connectivity index (χ3n) is 2.49. The van der Waals surface area contributed by atoms with Crippen LogP contribution in [0.25, 0.3) is 0 Å². The van der Waals surface area contributed by atoms with Gasteiger partial charge in [-0.1, -0.05) is 30.3 Å². The first-order valence-corrected chi connectivity index (χ1v) is 6.89. The Morgan fingerprint density at radius 2 is 1.91 bits per heavy atom. The van der Waals surface area contributed by atoms with Crippen LogP contribution >= 0.6 is 0 Å². The molecule has 0 aliphatic rings. The van der Waals surface area contributed by atoms with Gasteiger partial charge in [0.05, 0.1) is 12.5 Å². The van der Waals surface area contributed by atoms with E-state index in [-0.39, 0.29) is 13.0 Å². The van der Waals surface area contributed by atoms with Crippen LogP contribution in [0.4, 0.5) is 4.79 Å². The Balaban J connectivity index is 2.53. The number of nitrogens with one attached hydrogen (secondary N) is 1. The van der Waals surface area contributed by atoms with Gasteiger partial charge in [-0.3, -0.25) is 0 Å². The van der Waals surface area contributed by atoms with Crippen LogP contribution in [-0.2, 0) is 20.9 Å². The Morgan fingerprint density at radius 1 is 1.27 bits per heavy atom. The number of carbonyl (C=O) groups is 2. The smallest absolute Gasteiger partial charge is 0.408 e. The zero-order chi connectivity index (χ0) is 16.6. The van der Waals surface area contributed by atoms with E-state index in [0.29, 0.717) is 0 Å². The molecule has 22 heavy (non-hydrogen) atoms. The Kier molecular flexibility index (Phi) is 6.39. The van der Waals surface area contributed by atoms with Crippen LogP contribution in [0.1, 0.15) is 32.8 Å². The molecule has 1 aromatic carbocycles. The lowest BCUT2D eigenvalue weighted by molar-refractivity contribution is -0.157. The maximum absolute atomic E-state index is 11.9. The van der Waals surface area contributed by atoms with Crippen molar-refractivity contribution >= 4 is 12.1 Å². The molecule has 0 radical (unpaired) electrons. The van der Waals surface area contributed by atoms with Gasteiger partial charge in [-0.05, 0) is 26.3 Å². The molecule has 1 atom stereocenters. The molecule has 0 bridgehead atoms. The van der Waals surface area contributed by atoms with Crippen molar-refractivity contribution < 1.29 is 19.1 Å². The van der Waals surface area contributed by atoms with Gasteiger partial charge < -0.3 is 14.8 Å². The second-order valence-corrected chi connectivity index (χ2v) is 5.65. The maximum atomic E-state index is 11.9. The molecule has 1 aromatic rings. The molecule has 0 aromatic heterocycles. The summed E-state index contributed by atoms with van der Waals surface area (Å²) < 4.78 is 10.2. The molecule has 0 heterocycles. The van der Waals surface area contributed by atoms with Gasteiger partial charge in [0.25, 0.3) is 0 Å². The molecule has 1 rings (SSSR count). The first-order chi connectivity index (χ1) is 10.3. The Labute approximate surface area is 130 Å². The molecule has 6 nitrogen and oxygen atoms in total. The zero-order valence-electron chi connectivity index (χ0n) is 13.0. The van der Waals surface area contributed by atoms with Crippen molar-refractivity contribution in [3.05, 3.63) is 35.9 Å². The zero-order valence-corrected chi connectivity index (χ0v) is 13.0. The van der Waals surface area contributed by atoms with Crippen molar-refractivity contribution in [2.24, 2.45) is 0 Å². The molecule has 6 heteroatoms. The lowest BCUT2D eigenvalue weighted by atomic mass is 10.1. The van der Waals surface area contributed by atoms with Crippen molar-refractivity contribution in [3.8, 4) is 6.07 Å². The number of rotatable bonds is 5. The first-order valence-electron chi connectivity index (χ1n) is 6.89. The minimum absolute atomic E-state index is 0.0836. The SMILES string of the molecule is CC(C)(C)OC(=O)[C@H](CC#N)NC(=O)OCc1ccccc1. The average Bonchev–Trinajstić information content (AvgIpc) is 2.44. The molecule has 0 spiro atoms. The number of esters is 1. The van der Waals surface area contributed by atoms with Crippen LogP contribution in [0.2, 0.25) is 0 Å². The van der Waals surface area contributed by atoms with E-state index in [1.165, 1.54) is 0 Å². The number of hydrogen-bond donors (Lipinski definition) is 1. The summed E-state index contributed by atoms with van der Waals surface area (Å²) in [4.78, 5) is 23.6. The van der Waals surface area contributed by atoms with Gasteiger partial charge in [-0.15, -0.1) is 0 Å². The Hall–Kier alpha value is -2.55. The first kappa shape index (κ1) is 17.5. The molecule has 0 aliphatic carbocycles. The predicted molar refractivity (Wildman–Crippen MR) is 79.6 cm³/mol. The van der Waals surface area contributed by atoms with E-state index in [4.69, 9.17) is 14.7 Å². The van der Waals surface area contributed by atoms with E-state index in [0.717, 1.165) is 5.56 Å². The molecule has 0 unspecified atom stereocenters. The molecule has 0 saturated heterocycles. The number of benzene rings is 1. The molecule has 1 N–H and O–H groups in total. The summed E-state index contributed by atoms with van der Waals surface area (Å²) in [5, 5.41) is 11.1. The fraction of sp³-hybridized carbons (Fsp3) is 0.438. The van der Waals surface area contributed by atoms with Gasteiger partial charge in [0.2, 0.25) is 0 Å². The number of alkyl carbamates (subject to hydrolysis) is 1. The molecule has 0 saturated carbocycles. The maximum Gasteiger partial charge on any atom is 0.408 e. The van der Waals surface area contributed by atoms with Gasteiger partial charge in [0, 0.05) is 0 Å². The van der Waals surface area contributed by atoms with E-state index in [1.54, 1.807) is 20.8 Å². The van der Waals surface area contributed by atoms with Crippen molar-refractivity contribution in [1.29, 1.82) is 5.26 Å². The second-order valence-electron chi connectivity index (χ2n) is 5.65. The summed E-state index contributed by atoms with van der Waals surface area (Å²) in [7, 11) is 0. The number of carbonyl (C=O) groups excluding carboxylic acids is 2. The molecular formula is C16H20N2O4. The van der Waals surface area contributed by atoms with Crippen LogP contribution in [0, 0.1) is 11.3 Å². The normalized spacial score (nSPS) is 11.9. The van der Waals surface area contributed by atoms with E-state index >= 15 is 0 Å². The largest absolute Gasteiger partial charge is 0.458 e. The number of nitriles is 1. The van der Waals surface area contributed by atoms with Crippen molar-refractivity contribution in [2.45, 2.75) is 45.4 Å². The van der Waals surface area contributed by atoms with E-state index in [9.17, 15) is 9.59 Å². The average molecular weight is 304 g/mol. The van der Waals surface area contributed by atoms with E-state index in [1.807, 2.05) is 36.4 Å². The van der Waals surface area contributed by atoms with Gasteiger partial charge in [0.15, 0.2) is 0 Å². The third-order valence-corrected chi connectivity index (χ3v) is 2.49. The van der Waals surface area contributed by atoms with Crippen molar-refractivity contribution in [3.63, 3.8) is 0 Å². The topological polar surface area (TPSA) is 88.4 Å². The number of amides is 1. The summed E-state index contributed by atoms with van der Waals surface area (Å²) in [5.41, 5.74) is 0.132. The van der Waals surface area contributed by atoms with Crippen LogP contribution < -0.4 is 5.32 Å². The quantitative estimate of drug-likeness (QED) is 0.844. The lowest BCUT2D eigenvalue weighted by Gasteiger charge is -2.23. The van der Waals surface area contributed by atoms with Crippen LogP contribution in [0.3, 0.4) is 0 Å². The molecular weight excluding hydrogens is 284 g/mol. The predicted octanol–water partition coefficient (Wildman–Crippen LogP) is 2.54. The van der Waals surface area contributed by atoms with Crippen molar-refractivity contribution in [1.82, 2.24) is 5.32 Å². The molecule has 1 amide bonds. The minimum atomic E-state index is -1.05. The Bertz CT molecular complexity index is 544. The summed E-state index contributed by atoms with van der Waals surface area (Å²) >= 11 is 0. The molecule has 0 fully saturated rings. The highest BCUT2D eigenvalue weighted by Gasteiger charge is 2.27. The summed E-state index contributed by atoms with van der Waals surface area (Å²) in [6.45, 7) is 5.21. The number of ether oxygens (including phenoxy) is 2. The molecule has 118 valence electrons. The van der Waals surface area contributed by atoms with E-state index in [2.05, 4.69) is 5.32 Å².